The quantitative estimate of drug-likeness (QED) is 0.612. The normalized spacial score (nSPS) is 18.2. The van der Waals surface area contributed by atoms with E-state index in [0.717, 1.165) is 41.0 Å². The van der Waals surface area contributed by atoms with E-state index in [4.69, 9.17) is 0 Å². The lowest BCUT2D eigenvalue weighted by atomic mass is 9.99. The molecule has 0 aliphatic carbocycles. The van der Waals surface area contributed by atoms with Crippen LogP contribution in [-0.4, -0.2) is 51.6 Å². The van der Waals surface area contributed by atoms with Gasteiger partial charge in [0.25, 0.3) is 11.8 Å². The number of piperidine rings is 1. The Hall–Kier alpha value is -2.58. The number of benzene rings is 1. The minimum absolute atomic E-state index is 0.125. The molecular weight excluding hydrogens is 436 g/mol. The van der Waals surface area contributed by atoms with Crippen LogP contribution >= 0.6 is 11.3 Å². The average molecular weight is 469 g/mol. The van der Waals surface area contributed by atoms with E-state index in [1.165, 1.54) is 24.2 Å². The summed E-state index contributed by atoms with van der Waals surface area (Å²) in [4.78, 5) is 48.6. The summed E-state index contributed by atoms with van der Waals surface area (Å²) in [5.41, 5.74) is 1.62. The molecule has 3 amide bonds. The third-order valence-electron chi connectivity index (χ3n) is 6.50. The molecule has 2 aliphatic rings. The van der Waals surface area contributed by atoms with Gasteiger partial charge in [0.2, 0.25) is 5.91 Å². The zero-order valence-corrected chi connectivity index (χ0v) is 20.6. The summed E-state index contributed by atoms with van der Waals surface area (Å²) >= 11 is 1.48. The number of aryl methyl sites for hydroxylation is 1. The highest BCUT2D eigenvalue weighted by Crippen LogP contribution is 2.30. The first-order valence-electron chi connectivity index (χ1n) is 11.7. The van der Waals surface area contributed by atoms with Crippen LogP contribution in [-0.2, 0) is 11.3 Å². The fourth-order valence-electron chi connectivity index (χ4n) is 4.51. The molecule has 176 valence electrons. The number of hydrogen-bond donors (Lipinski definition) is 1. The van der Waals surface area contributed by atoms with E-state index in [-0.39, 0.29) is 11.8 Å². The Kier molecular flexibility index (Phi) is 6.95. The van der Waals surface area contributed by atoms with Crippen molar-refractivity contribution in [3.05, 3.63) is 46.0 Å². The number of carbonyl (C=O) groups is 3. The number of fused-ring (bicyclic) bond motifs is 1. The highest BCUT2D eigenvalue weighted by molar-refractivity contribution is 7.15. The van der Waals surface area contributed by atoms with Gasteiger partial charge in [0.05, 0.1) is 16.8 Å². The summed E-state index contributed by atoms with van der Waals surface area (Å²) in [5, 5.41) is 3.42. The predicted octanol–water partition coefficient (Wildman–Crippen LogP) is 4.33. The molecule has 0 radical (unpaired) electrons. The zero-order valence-electron chi connectivity index (χ0n) is 19.8. The Labute approximate surface area is 199 Å². The van der Waals surface area contributed by atoms with E-state index in [9.17, 15) is 14.4 Å². The molecule has 0 bridgehead atoms. The van der Waals surface area contributed by atoms with Gasteiger partial charge in [0.15, 0.2) is 5.13 Å². The first-order valence-corrected chi connectivity index (χ1v) is 12.5. The van der Waals surface area contributed by atoms with E-state index < -0.39 is 17.9 Å². The highest BCUT2D eigenvalue weighted by atomic mass is 32.1. The number of anilines is 1. The minimum atomic E-state index is -0.881. The molecule has 33 heavy (non-hydrogen) atoms. The van der Waals surface area contributed by atoms with E-state index >= 15 is 0 Å². The van der Waals surface area contributed by atoms with Crippen LogP contribution in [0.15, 0.2) is 24.3 Å². The van der Waals surface area contributed by atoms with Crippen molar-refractivity contribution < 1.29 is 14.4 Å². The Morgan fingerprint density at radius 1 is 1.15 bits per heavy atom. The number of thiazole rings is 1. The lowest BCUT2D eigenvalue weighted by molar-refractivity contribution is -0.120. The van der Waals surface area contributed by atoms with Crippen LogP contribution in [0.2, 0.25) is 0 Å². The van der Waals surface area contributed by atoms with Crippen LogP contribution in [0.1, 0.15) is 71.3 Å². The number of nitrogens with one attached hydrogen (secondary N) is 1. The summed E-state index contributed by atoms with van der Waals surface area (Å²) in [5.74, 6) is -0.289. The van der Waals surface area contributed by atoms with E-state index in [1.807, 2.05) is 20.8 Å². The molecule has 1 atom stereocenters. The Balaban J connectivity index is 1.50. The number of nitrogens with zero attached hydrogens (tertiary/aromatic N) is 3. The van der Waals surface area contributed by atoms with Gasteiger partial charge in [-0.2, -0.15) is 0 Å². The van der Waals surface area contributed by atoms with E-state index in [1.54, 1.807) is 24.3 Å². The lowest BCUT2D eigenvalue weighted by Crippen LogP contribution is -2.47. The first-order chi connectivity index (χ1) is 15.7. The molecule has 1 saturated heterocycles. The van der Waals surface area contributed by atoms with Crippen molar-refractivity contribution in [3.63, 3.8) is 0 Å². The maximum absolute atomic E-state index is 13.3. The highest BCUT2D eigenvalue weighted by Gasteiger charge is 2.43. The van der Waals surface area contributed by atoms with Crippen LogP contribution in [0, 0.1) is 18.8 Å². The second-order valence-corrected chi connectivity index (χ2v) is 10.7. The van der Waals surface area contributed by atoms with Gasteiger partial charge in [-0.25, -0.2) is 4.98 Å². The molecule has 1 fully saturated rings. The summed E-state index contributed by atoms with van der Waals surface area (Å²) in [6.45, 7) is 11.2. The fraction of sp³-hybridized carbons (Fsp3) is 0.520. The van der Waals surface area contributed by atoms with Crippen molar-refractivity contribution in [2.45, 2.75) is 59.5 Å². The van der Waals surface area contributed by atoms with Gasteiger partial charge in [-0.15, -0.1) is 11.3 Å². The number of hydrogen-bond acceptors (Lipinski definition) is 6. The maximum Gasteiger partial charge on any atom is 0.262 e. The number of imide groups is 1. The molecule has 1 aromatic carbocycles. The van der Waals surface area contributed by atoms with Gasteiger partial charge in [-0.1, -0.05) is 32.9 Å². The second-order valence-electron chi connectivity index (χ2n) is 9.65. The second kappa shape index (κ2) is 9.73. The van der Waals surface area contributed by atoms with Gasteiger partial charge < -0.3 is 5.32 Å². The molecule has 1 unspecified atom stereocenters. The summed E-state index contributed by atoms with van der Waals surface area (Å²) in [7, 11) is 0. The van der Waals surface area contributed by atoms with Crippen LogP contribution in [0.5, 0.6) is 0 Å². The largest absolute Gasteiger partial charge is 0.300 e. The van der Waals surface area contributed by atoms with Crippen molar-refractivity contribution in [2.24, 2.45) is 11.8 Å². The summed E-state index contributed by atoms with van der Waals surface area (Å²) < 4.78 is 0. The minimum Gasteiger partial charge on any atom is -0.300 e. The van der Waals surface area contributed by atoms with Gasteiger partial charge in [0.1, 0.15) is 6.04 Å². The number of likely N-dealkylation sites (tertiary alicyclic amines) is 1. The molecule has 2 aliphatic heterocycles. The molecule has 7 nitrogen and oxygen atoms in total. The summed E-state index contributed by atoms with van der Waals surface area (Å²) in [6, 6.07) is 5.85. The molecule has 1 N–H and O–H groups in total. The Morgan fingerprint density at radius 3 is 2.33 bits per heavy atom. The van der Waals surface area contributed by atoms with Crippen molar-refractivity contribution in [3.8, 4) is 0 Å². The van der Waals surface area contributed by atoms with Gasteiger partial charge in [-0.3, -0.25) is 24.2 Å². The number of amides is 3. The molecule has 2 aromatic rings. The summed E-state index contributed by atoms with van der Waals surface area (Å²) in [6.07, 6.45) is 2.80. The van der Waals surface area contributed by atoms with Gasteiger partial charge in [-0.05, 0) is 63.2 Å². The first kappa shape index (κ1) is 23.6. The Morgan fingerprint density at radius 2 is 1.76 bits per heavy atom. The molecular formula is C25H32N4O3S. The SMILES string of the molecule is Cc1nc(NC(=O)C(CC(C)C)N2C(=O)c3ccccc3C2=O)sc1CN1CCC(C)CC1. The van der Waals surface area contributed by atoms with E-state index in [0.29, 0.717) is 22.7 Å². The third kappa shape index (κ3) is 5.01. The monoisotopic (exact) mass is 468 g/mol. The predicted molar refractivity (Wildman–Crippen MR) is 129 cm³/mol. The van der Waals surface area contributed by atoms with Crippen LogP contribution < -0.4 is 5.32 Å². The maximum atomic E-state index is 13.3. The zero-order chi connectivity index (χ0) is 23.7. The number of rotatable bonds is 7. The average Bonchev–Trinajstić information content (AvgIpc) is 3.24. The van der Waals surface area contributed by atoms with Crippen molar-refractivity contribution in [2.75, 3.05) is 18.4 Å². The molecule has 1 aromatic heterocycles. The van der Waals surface area contributed by atoms with E-state index in [2.05, 4.69) is 22.1 Å². The van der Waals surface area contributed by atoms with Crippen molar-refractivity contribution in [1.29, 1.82) is 0 Å². The smallest absolute Gasteiger partial charge is 0.262 e. The van der Waals surface area contributed by atoms with Crippen molar-refractivity contribution >= 4 is 34.2 Å². The standard InChI is InChI=1S/C25H32N4O3S/c1-15(2)13-20(29-23(31)18-7-5-6-8-19(18)24(29)32)22(30)27-25-26-17(4)21(33-25)14-28-11-9-16(3)10-12-28/h5-8,15-16,20H,9-14H2,1-4H3,(H,26,27,30). The number of aromatic nitrogens is 1. The van der Waals surface area contributed by atoms with Crippen LogP contribution in [0.3, 0.4) is 0 Å². The molecule has 0 spiro atoms. The molecule has 0 saturated carbocycles. The van der Waals surface area contributed by atoms with Gasteiger partial charge in [0, 0.05) is 11.4 Å². The van der Waals surface area contributed by atoms with Crippen LogP contribution in [0.4, 0.5) is 5.13 Å². The molecule has 8 heteroatoms. The third-order valence-corrected chi connectivity index (χ3v) is 7.56. The topological polar surface area (TPSA) is 82.6 Å². The fourth-order valence-corrected chi connectivity index (χ4v) is 5.52. The van der Waals surface area contributed by atoms with Crippen molar-refractivity contribution in [1.82, 2.24) is 14.8 Å². The Bertz CT molecular complexity index is 1020. The number of carbonyl (C=O) groups excluding carboxylic acids is 3. The molecule has 3 heterocycles. The molecule has 4 rings (SSSR count). The lowest BCUT2D eigenvalue weighted by Gasteiger charge is -2.29. The van der Waals surface area contributed by atoms with Crippen LogP contribution in [0.25, 0.3) is 0 Å². The van der Waals surface area contributed by atoms with Gasteiger partial charge >= 0.3 is 0 Å².